The van der Waals surface area contributed by atoms with Crippen LogP contribution in [-0.4, -0.2) is 23.0 Å². The molecule has 0 aliphatic carbocycles. The Bertz CT molecular complexity index is 27.3. The lowest BCUT2D eigenvalue weighted by Gasteiger charge is -1.94. The summed E-state index contributed by atoms with van der Waals surface area (Å²) in [6.45, 7) is 3.33. The summed E-state index contributed by atoms with van der Waals surface area (Å²) < 4.78 is 0. The lowest BCUT2D eigenvalue weighted by atomic mass is 10.3. The first-order chi connectivity index (χ1) is 3.41. The molecule has 1 N–H and O–H groups in total. The molecule has 0 unspecified atom stereocenters. The van der Waals surface area contributed by atoms with E-state index in [2.05, 4.69) is 22.5 Å². The minimum absolute atomic E-state index is 0.917. The number of nitrogens with one attached hydrogen (secondary N) is 1. The molecule has 0 rings (SSSR count). The molecular weight excluding hydrogens is 102 g/mol. The van der Waals surface area contributed by atoms with E-state index in [0.717, 1.165) is 12.7 Å². The minimum Gasteiger partial charge on any atom is -0.320 e. The van der Waals surface area contributed by atoms with E-state index in [4.69, 9.17) is 0 Å². The Kier molecular flexibility index (Phi) is 6.33. The van der Waals surface area contributed by atoms with Crippen LogP contribution in [0.3, 0.4) is 0 Å². The van der Waals surface area contributed by atoms with Gasteiger partial charge in [0.25, 0.3) is 0 Å². The van der Waals surface area contributed by atoms with Crippen molar-refractivity contribution >= 4 is 10.2 Å². The fourth-order valence-electron chi connectivity index (χ4n) is 0.390. The van der Waals surface area contributed by atoms with E-state index < -0.39 is 0 Å². The highest BCUT2D eigenvalue weighted by atomic mass is 28.1. The molecule has 0 bridgehead atoms. The highest BCUT2D eigenvalue weighted by Crippen LogP contribution is 1.79. The number of unbranched alkanes of at least 4 members (excludes halogenated alkanes) is 1. The summed E-state index contributed by atoms with van der Waals surface area (Å²) in [7, 11) is 3.31. The quantitative estimate of drug-likeness (QED) is 0.414. The smallest absolute Gasteiger partial charge is 0.0428 e. The molecule has 0 amide bonds. The number of hydrogen-bond donors (Lipinski definition) is 1. The van der Waals surface area contributed by atoms with Crippen molar-refractivity contribution in [2.24, 2.45) is 0 Å². The van der Waals surface area contributed by atoms with Crippen LogP contribution in [0.4, 0.5) is 0 Å². The Hall–Kier alpha value is 0.177. The Morgan fingerprint density at radius 3 is 2.71 bits per heavy atom. The topological polar surface area (TPSA) is 12.0 Å². The van der Waals surface area contributed by atoms with Crippen LogP contribution in [0.5, 0.6) is 0 Å². The molecule has 0 aromatic carbocycles. The zero-order chi connectivity index (χ0) is 5.54. The minimum atomic E-state index is 0.917. The van der Waals surface area contributed by atoms with E-state index in [1.165, 1.54) is 12.8 Å². The van der Waals surface area contributed by atoms with Crippen LogP contribution in [0.15, 0.2) is 0 Å². The first-order valence-electron chi connectivity index (χ1n) is 2.77. The van der Waals surface area contributed by atoms with Gasteiger partial charge in [0.05, 0.1) is 0 Å². The molecule has 7 heavy (non-hydrogen) atoms. The summed E-state index contributed by atoms with van der Waals surface area (Å²) >= 11 is 0. The van der Waals surface area contributed by atoms with Gasteiger partial charge >= 0.3 is 0 Å². The molecule has 1 nitrogen and oxygen atoms in total. The second kappa shape index (κ2) is 6.18. The van der Waals surface area contributed by atoms with E-state index >= 15 is 0 Å². The highest BCUT2D eigenvalue weighted by Gasteiger charge is 1.77. The Morgan fingerprint density at radius 1 is 1.57 bits per heavy atom. The monoisotopic (exact) mass is 114 g/mol. The maximum absolute atomic E-state index is 3.31. The molecule has 0 aromatic rings. The van der Waals surface area contributed by atoms with E-state index in [1.54, 1.807) is 0 Å². The summed E-state index contributed by atoms with van der Waals surface area (Å²) in [4.78, 5) is 0. The Morgan fingerprint density at radius 2 is 2.29 bits per heavy atom. The van der Waals surface area contributed by atoms with Crippen molar-refractivity contribution < 1.29 is 0 Å². The van der Waals surface area contributed by atoms with Crippen LogP contribution < -0.4 is 5.32 Å². The largest absolute Gasteiger partial charge is 0.320 e. The number of rotatable bonds is 4. The van der Waals surface area contributed by atoms with Crippen molar-refractivity contribution in [3.05, 3.63) is 0 Å². The first kappa shape index (κ1) is 7.18. The van der Waals surface area contributed by atoms with Gasteiger partial charge in [-0.2, -0.15) is 0 Å². The van der Waals surface area contributed by atoms with Crippen molar-refractivity contribution in [2.45, 2.75) is 19.8 Å². The highest BCUT2D eigenvalue weighted by molar-refractivity contribution is 6.08. The van der Waals surface area contributed by atoms with Crippen LogP contribution in [0.2, 0.25) is 0 Å². The van der Waals surface area contributed by atoms with Crippen LogP contribution in [0, 0.1) is 0 Å². The predicted molar refractivity (Wildman–Crippen MR) is 33.5 cm³/mol. The van der Waals surface area contributed by atoms with Crippen molar-refractivity contribution in [1.82, 2.24) is 5.32 Å². The zero-order valence-corrected chi connectivity index (χ0v) is 5.83. The second-order valence-corrected chi connectivity index (χ2v) is 1.88. The first-order valence-corrected chi connectivity index (χ1v) is 3.47. The average molecular weight is 114 g/mol. The number of hydrogen-bond acceptors (Lipinski definition) is 1. The molecule has 0 saturated carbocycles. The average Bonchev–Trinajstić information content (AvgIpc) is 1.69. The van der Waals surface area contributed by atoms with Crippen molar-refractivity contribution in [3.63, 3.8) is 0 Å². The van der Waals surface area contributed by atoms with E-state index in [1.807, 2.05) is 0 Å². The van der Waals surface area contributed by atoms with Crippen LogP contribution >= 0.6 is 0 Å². The van der Waals surface area contributed by atoms with Gasteiger partial charge in [-0.25, -0.2) is 0 Å². The van der Waals surface area contributed by atoms with Crippen LogP contribution in [0.25, 0.3) is 0 Å². The Balaban J connectivity index is 2.45. The fraction of sp³-hybridized carbons (Fsp3) is 1.00. The van der Waals surface area contributed by atoms with Crippen molar-refractivity contribution in [3.8, 4) is 0 Å². The molecule has 0 saturated heterocycles. The molecule has 0 aliphatic rings. The second-order valence-electron chi connectivity index (χ2n) is 1.53. The van der Waals surface area contributed by atoms with Crippen LogP contribution in [0.1, 0.15) is 19.8 Å². The van der Waals surface area contributed by atoms with Gasteiger partial charge in [-0.3, -0.25) is 0 Å². The SMILES string of the molecule is CCCCNC[Si]. The van der Waals surface area contributed by atoms with Crippen LogP contribution in [-0.2, 0) is 0 Å². The van der Waals surface area contributed by atoms with E-state index in [-0.39, 0.29) is 0 Å². The molecule has 0 atom stereocenters. The Labute approximate surface area is 48.9 Å². The van der Waals surface area contributed by atoms with E-state index in [9.17, 15) is 0 Å². The summed E-state index contributed by atoms with van der Waals surface area (Å²) in [6.07, 6.45) is 3.48. The third kappa shape index (κ3) is 6.18. The fourth-order valence-corrected chi connectivity index (χ4v) is 0.567. The normalized spacial score (nSPS) is 9.43. The van der Waals surface area contributed by atoms with E-state index in [0.29, 0.717) is 0 Å². The summed E-state index contributed by atoms with van der Waals surface area (Å²) in [5.74, 6) is 0. The lowest BCUT2D eigenvalue weighted by Crippen LogP contribution is -2.15. The van der Waals surface area contributed by atoms with Gasteiger partial charge in [-0.05, 0) is 19.1 Å². The van der Waals surface area contributed by atoms with Gasteiger partial charge in [-0.15, -0.1) is 0 Å². The van der Waals surface area contributed by atoms with Crippen molar-refractivity contribution in [2.75, 3.05) is 12.7 Å². The molecule has 0 aromatic heterocycles. The molecular formula is C5H12NSi. The van der Waals surface area contributed by atoms with Gasteiger partial charge in [0.2, 0.25) is 0 Å². The maximum atomic E-state index is 3.31. The summed E-state index contributed by atoms with van der Waals surface area (Å²) in [5, 5.41) is 3.16. The lowest BCUT2D eigenvalue weighted by molar-refractivity contribution is 0.697. The molecule has 0 spiro atoms. The summed E-state index contributed by atoms with van der Waals surface area (Å²) in [5.41, 5.74) is 0. The third-order valence-electron chi connectivity index (χ3n) is 0.832. The van der Waals surface area contributed by atoms with Gasteiger partial charge < -0.3 is 5.32 Å². The predicted octanol–water partition coefficient (Wildman–Crippen LogP) is 0.502. The molecule has 0 fully saturated rings. The summed E-state index contributed by atoms with van der Waals surface area (Å²) in [6, 6.07) is 0. The molecule has 41 valence electrons. The molecule has 0 heterocycles. The van der Waals surface area contributed by atoms with Gasteiger partial charge in [0.15, 0.2) is 0 Å². The maximum Gasteiger partial charge on any atom is 0.0428 e. The third-order valence-corrected chi connectivity index (χ3v) is 1.08. The van der Waals surface area contributed by atoms with Gasteiger partial charge in [0.1, 0.15) is 0 Å². The molecule has 0 aliphatic heterocycles. The van der Waals surface area contributed by atoms with Crippen molar-refractivity contribution in [1.29, 1.82) is 0 Å². The van der Waals surface area contributed by atoms with Gasteiger partial charge in [0, 0.05) is 10.2 Å². The standard InChI is InChI=1S/C5H12NSi/c1-2-3-4-6-5-7/h6H,2-5H2,1H3. The van der Waals surface area contributed by atoms with Gasteiger partial charge in [-0.1, -0.05) is 13.3 Å². The molecule has 2 heteroatoms. The molecule has 3 radical (unpaired) electrons. The zero-order valence-electron chi connectivity index (χ0n) is 4.83.